The van der Waals surface area contributed by atoms with Crippen LogP contribution in [0.4, 0.5) is 0 Å². The van der Waals surface area contributed by atoms with Crippen LogP contribution in [0.15, 0.2) is 40.9 Å². The minimum atomic E-state index is -0.469. The highest BCUT2D eigenvalue weighted by Crippen LogP contribution is 2.36. The molecule has 0 saturated heterocycles. The highest BCUT2D eigenvalue weighted by Gasteiger charge is 2.15. The van der Waals surface area contributed by atoms with E-state index >= 15 is 0 Å². The average Bonchev–Trinajstić information content (AvgIpc) is 2.66. The van der Waals surface area contributed by atoms with Gasteiger partial charge in [-0.2, -0.15) is 0 Å². The number of hydrogen-bond donors (Lipinski definition) is 2. The fourth-order valence-corrected chi connectivity index (χ4v) is 3.05. The van der Waals surface area contributed by atoms with Crippen LogP contribution in [-0.4, -0.2) is 32.1 Å². The van der Waals surface area contributed by atoms with E-state index in [2.05, 4.69) is 21.2 Å². The van der Waals surface area contributed by atoms with E-state index in [1.165, 1.54) is 7.11 Å². The molecule has 0 radical (unpaired) electrons. The molecule has 144 valence electrons. The fraction of sp³-hybridized carbons (Fsp3) is 0.300. The third-order valence-corrected chi connectivity index (χ3v) is 4.44. The van der Waals surface area contributed by atoms with Crippen LogP contribution in [0.1, 0.15) is 39.6 Å². The molecular weight excluding hydrogens is 412 g/mol. The smallest absolute Gasteiger partial charge is 0.251 e. The van der Waals surface area contributed by atoms with Gasteiger partial charge in [-0.05, 0) is 58.6 Å². The molecule has 0 aliphatic carbocycles. The molecule has 7 heteroatoms. The lowest BCUT2D eigenvalue weighted by atomic mass is 10.1. The van der Waals surface area contributed by atoms with Crippen molar-refractivity contribution in [3.05, 3.63) is 57.6 Å². The summed E-state index contributed by atoms with van der Waals surface area (Å²) in [4.78, 5) is 23.7. The molecule has 0 aliphatic rings. The lowest BCUT2D eigenvalue weighted by molar-refractivity contribution is 0.0952. The first-order valence-corrected chi connectivity index (χ1v) is 9.42. The maximum absolute atomic E-state index is 12.5. The first kappa shape index (κ1) is 20.8. The number of hydrogen-bond acceptors (Lipinski definition) is 4. The van der Waals surface area contributed by atoms with E-state index < -0.39 is 5.91 Å². The first-order chi connectivity index (χ1) is 13.0. The van der Waals surface area contributed by atoms with Gasteiger partial charge in [-0.1, -0.05) is 19.1 Å². The standard InChI is InChI=1S/C20H23BrN2O4/c1-3-9-27-18-16(21)11-15(12-17(18)26-2)20(25)23-8-7-13-5-4-6-14(10-13)19(22)24/h4-6,10-12H,3,7-9H2,1-2H3,(H2,22,24)(H,23,25). The van der Waals surface area contributed by atoms with Crippen molar-refractivity contribution in [1.82, 2.24) is 5.32 Å². The molecule has 0 fully saturated rings. The van der Waals surface area contributed by atoms with Gasteiger partial charge in [-0.3, -0.25) is 9.59 Å². The first-order valence-electron chi connectivity index (χ1n) is 8.63. The van der Waals surface area contributed by atoms with Crippen molar-refractivity contribution in [3.63, 3.8) is 0 Å². The van der Waals surface area contributed by atoms with E-state index in [1.807, 2.05) is 13.0 Å². The Labute approximate surface area is 167 Å². The number of primary amides is 1. The molecule has 3 N–H and O–H groups in total. The number of nitrogens with one attached hydrogen (secondary N) is 1. The summed E-state index contributed by atoms with van der Waals surface area (Å²) in [5.41, 5.74) is 7.13. The third kappa shape index (κ3) is 5.72. The Morgan fingerprint density at radius 1 is 1.19 bits per heavy atom. The SMILES string of the molecule is CCCOc1c(Br)cc(C(=O)NCCc2cccc(C(N)=O)c2)cc1OC. The van der Waals surface area contributed by atoms with Crippen molar-refractivity contribution < 1.29 is 19.1 Å². The molecule has 0 aliphatic heterocycles. The van der Waals surface area contributed by atoms with Crippen LogP contribution in [0, 0.1) is 0 Å². The van der Waals surface area contributed by atoms with Crippen molar-refractivity contribution in [3.8, 4) is 11.5 Å². The van der Waals surface area contributed by atoms with Crippen LogP contribution in [-0.2, 0) is 6.42 Å². The van der Waals surface area contributed by atoms with Gasteiger partial charge in [-0.15, -0.1) is 0 Å². The summed E-state index contributed by atoms with van der Waals surface area (Å²) in [5.74, 6) is 0.390. The van der Waals surface area contributed by atoms with Gasteiger partial charge >= 0.3 is 0 Å². The zero-order valence-corrected chi connectivity index (χ0v) is 17.0. The number of nitrogens with two attached hydrogens (primary N) is 1. The van der Waals surface area contributed by atoms with E-state index in [9.17, 15) is 9.59 Å². The van der Waals surface area contributed by atoms with Crippen molar-refractivity contribution in [2.24, 2.45) is 5.73 Å². The molecule has 0 unspecified atom stereocenters. The second-order valence-electron chi connectivity index (χ2n) is 5.91. The number of amides is 2. The Bertz CT molecular complexity index is 824. The van der Waals surface area contributed by atoms with Gasteiger partial charge in [0.2, 0.25) is 5.91 Å². The summed E-state index contributed by atoms with van der Waals surface area (Å²) in [7, 11) is 1.54. The van der Waals surface area contributed by atoms with E-state index in [1.54, 1.807) is 30.3 Å². The van der Waals surface area contributed by atoms with Crippen LogP contribution < -0.4 is 20.5 Å². The Morgan fingerprint density at radius 2 is 1.96 bits per heavy atom. The maximum Gasteiger partial charge on any atom is 0.251 e. The van der Waals surface area contributed by atoms with Crippen LogP contribution in [0.2, 0.25) is 0 Å². The highest BCUT2D eigenvalue weighted by atomic mass is 79.9. The van der Waals surface area contributed by atoms with E-state index in [-0.39, 0.29) is 5.91 Å². The molecule has 0 bridgehead atoms. The van der Waals surface area contributed by atoms with E-state index in [0.717, 1.165) is 12.0 Å². The van der Waals surface area contributed by atoms with Crippen molar-refractivity contribution in [2.75, 3.05) is 20.3 Å². The number of benzene rings is 2. The van der Waals surface area contributed by atoms with Gasteiger partial charge in [-0.25, -0.2) is 0 Å². The number of halogens is 1. The Morgan fingerprint density at radius 3 is 2.63 bits per heavy atom. The molecule has 0 spiro atoms. The van der Waals surface area contributed by atoms with Gasteiger partial charge < -0.3 is 20.5 Å². The molecule has 27 heavy (non-hydrogen) atoms. The van der Waals surface area contributed by atoms with Crippen molar-refractivity contribution in [2.45, 2.75) is 19.8 Å². The molecule has 2 amide bonds. The number of carbonyl (C=O) groups is 2. The summed E-state index contributed by atoms with van der Waals surface area (Å²) in [6, 6.07) is 10.4. The largest absolute Gasteiger partial charge is 0.493 e. The number of ether oxygens (including phenoxy) is 2. The lowest BCUT2D eigenvalue weighted by Crippen LogP contribution is -2.26. The third-order valence-electron chi connectivity index (χ3n) is 3.85. The average molecular weight is 435 g/mol. The topological polar surface area (TPSA) is 90.6 Å². The molecule has 0 aromatic heterocycles. The van der Waals surface area contributed by atoms with Gasteiger partial charge in [0.25, 0.3) is 5.91 Å². The zero-order chi connectivity index (χ0) is 19.8. The van der Waals surface area contributed by atoms with Crippen LogP contribution in [0.25, 0.3) is 0 Å². The van der Waals surface area contributed by atoms with Gasteiger partial charge in [0.1, 0.15) is 0 Å². The monoisotopic (exact) mass is 434 g/mol. The van der Waals surface area contributed by atoms with Crippen LogP contribution in [0.3, 0.4) is 0 Å². The van der Waals surface area contributed by atoms with E-state index in [0.29, 0.717) is 46.7 Å². The maximum atomic E-state index is 12.5. The second-order valence-corrected chi connectivity index (χ2v) is 6.76. The van der Waals surface area contributed by atoms with Crippen molar-refractivity contribution in [1.29, 1.82) is 0 Å². The fourth-order valence-electron chi connectivity index (χ4n) is 2.50. The molecule has 2 rings (SSSR count). The zero-order valence-electron chi connectivity index (χ0n) is 15.4. The summed E-state index contributed by atoms with van der Waals surface area (Å²) in [5, 5.41) is 2.86. The van der Waals surface area contributed by atoms with Gasteiger partial charge in [0.05, 0.1) is 18.2 Å². The summed E-state index contributed by atoms with van der Waals surface area (Å²) in [6.45, 7) is 3.00. The molecule has 0 saturated carbocycles. The molecule has 6 nitrogen and oxygen atoms in total. The summed E-state index contributed by atoms with van der Waals surface area (Å²) >= 11 is 3.43. The molecule has 0 atom stereocenters. The Hall–Kier alpha value is -2.54. The minimum absolute atomic E-state index is 0.220. The predicted octanol–water partition coefficient (Wildman–Crippen LogP) is 3.32. The summed E-state index contributed by atoms with van der Waals surface area (Å²) < 4.78 is 11.7. The molecular formula is C20H23BrN2O4. The lowest BCUT2D eigenvalue weighted by Gasteiger charge is -2.14. The quantitative estimate of drug-likeness (QED) is 0.633. The predicted molar refractivity (Wildman–Crippen MR) is 107 cm³/mol. The highest BCUT2D eigenvalue weighted by molar-refractivity contribution is 9.10. The molecule has 2 aromatic carbocycles. The Balaban J connectivity index is 2.02. The molecule has 2 aromatic rings. The number of rotatable bonds is 9. The van der Waals surface area contributed by atoms with E-state index in [4.69, 9.17) is 15.2 Å². The normalized spacial score (nSPS) is 10.3. The Kier molecular flexibility index (Phi) is 7.67. The minimum Gasteiger partial charge on any atom is -0.493 e. The second kappa shape index (κ2) is 9.97. The summed E-state index contributed by atoms with van der Waals surface area (Å²) in [6.07, 6.45) is 1.46. The van der Waals surface area contributed by atoms with Crippen molar-refractivity contribution >= 4 is 27.7 Å². The van der Waals surface area contributed by atoms with Gasteiger partial charge in [0.15, 0.2) is 11.5 Å². The van der Waals surface area contributed by atoms with Gasteiger partial charge in [0, 0.05) is 17.7 Å². The van der Waals surface area contributed by atoms with Crippen LogP contribution >= 0.6 is 15.9 Å². The number of carbonyl (C=O) groups excluding carboxylic acids is 2. The number of methoxy groups -OCH3 is 1. The van der Waals surface area contributed by atoms with Crippen LogP contribution in [0.5, 0.6) is 11.5 Å². The molecule has 0 heterocycles.